The maximum absolute atomic E-state index is 3.60. The van der Waals surface area contributed by atoms with Gasteiger partial charge in [0, 0.05) is 6.04 Å². The molecular weight excluding hydrogens is 158 g/mol. The van der Waals surface area contributed by atoms with Crippen molar-refractivity contribution in [2.75, 3.05) is 6.54 Å². The topological polar surface area (TPSA) is 12.0 Å². The first-order chi connectivity index (χ1) is 6.20. The standard InChI is InChI=1S/C12H27N/c1-5-7-9-12(4)13-10-11(3)8-6-2/h11-13H,5-10H2,1-4H3. The van der Waals surface area contributed by atoms with Crippen LogP contribution in [0.4, 0.5) is 0 Å². The summed E-state index contributed by atoms with van der Waals surface area (Å²) < 4.78 is 0. The van der Waals surface area contributed by atoms with Crippen molar-refractivity contribution in [2.24, 2.45) is 5.92 Å². The fraction of sp³-hybridized carbons (Fsp3) is 1.00. The van der Waals surface area contributed by atoms with Gasteiger partial charge in [0.15, 0.2) is 0 Å². The van der Waals surface area contributed by atoms with Crippen molar-refractivity contribution >= 4 is 0 Å². The molecule has 0 amide bonds. The van der Waals surface area contributed by atoms with Crippen LogP contribution in [0.3, 0.4) is 0 Å². The Morgan fingerprint density at radius 3 is 2.23 bits per heavy atom. The van der Waals surface area contributed by atoms with Gasteiger partial charge in [0.25, 0.3) is 0 Å². The van der Waals surface area contributed by atoms with Gasteiger partial charge in [-0.15, -0.1) is 0 Å². The Bertz CT molecular complexity index is 101. The van der Waals surface area contributed by atoms with Crippen LogP contribution in [0.5, 0.6) is 0 Å². The highest BCUT2D eigenvalue weighted by Gasteiger charge is 2.03. The van der Waals surface area contributed by atoms with Crippen LogP contribution in [0, 0.1) is 5.92 Å². The summed E-state index contributed by atoms with van der Waals surface area (Å²) in [6.45, 7) is 10.3. The summed E-state index contributed by atoms with van der Waals surface area (Å²) in [4.78, 5) is 0. The van der Waals surface area contributed by atoms with Crippen molar-refractivity contribution in [3.8, 4) is 0 Å². The monoisotopic (exact) mass is 185 g/mol. The Morgan fingerprint density at radius 1 is 1.00 bits per heavy atom. The Balaban J connectivity index is 3.29. The lowest BCUT2D eigenvalue weighted by Gasteiger charge is -2.16. The van der Waals surface area contributed by atoms with Crippen LogP contribution < -0.4 is 5.32 Å². The predicted molar refractivity (Wildman–Crippen MR) is 61.1 cm³/mol. The molecular formula is C12H27N. The van der Waals surface area contributed by atoms with Crippen LogP contribution in [0.15, 0.2) is 0 Å². The van der Waals surface area contributed by atoms with E-state index in [4.69, 9.17) is 0 Å². The van der Waals surface area contributed by atoms with E-state index in [0.717, 1.165) is 5.92 Å². The van der Waals surface area contributed by atoms with E-state index in [1.54, 1.807) is 0 Å². The van der Waals surface area contributed by atoms with E-state index in [-0.39, 0.29) is 0 Å². The maximum atomic E-state index is 3.60. The predicted octanol–water partition coefficient (Wildman–Crippen LogP) is 3.59. The molecule has 1 heteroatoms. The third-order valence-electron chi connectivity index (χ3n) is 2.59. The van der Waals surface area contributed by atoms with E-state index in [2.05, 4.69) is 33.0 Å². The highest BCUT2D eigenvalue weighted by molar-refractivity contribution is 4.63. The van der Waals surface area contributed by atoms with Crippen molar-refractivity contribution in [3.63, 3.8) is 0 Å². The molecule has 0 aromatic rings. The molecule has 2 unspecified atom stereocenters. The van der Waals surface area contributed by atoms with Gasteiger partial charge in [0.2, 0.25) is 0 Å². The largest absolute Gasteiger partial charge is 0.314 e. The minimum absolute atomic E-state index is 0.708. The first kappa shape index (κ1) is 13.0. The van der Waals surface area contributed by atoms with Gasteiger partial charge in [-0.3, -0.25) is 0 Å². The fourth-order valence-electron chi connectivity index (χ4n) is 1.61. The van der Waals surface area contributed by atoms with Crippen molar-refractivity contribution < 1.29 is 0 Å². The average molecular weight is 185 g/mol. The van der Waals surface area contributed by atoms with Crippen LogP contribution in [0.1, 0.15) is 59.8 Å². The highest BCUT2D eigenvalue weighted by Crippen LogP contribution is 2.05. The van der Waals surface area contributed by atoms with E-state index in [1.165, 1.54) is 38.6 Å². The van der Waals surface area contributed by atoms with Crippen LogP contribution in [0.2, 0.25) is 0 Å². The van der Waals surface area contributed by atoms with Gasteiger partial charge in [0.05, 0.1) is 0 Å². The molecule has 0 saturated carbocycles. The van der Waals surface area contributed by atoms with E-state index >= 15 is 0 Å². The second kappa shape index (κ2) is 8.55. The molecule has 0 radical (unpaired) electrons. The van der Waals surface area contributed by atoms with Gasteiger partial charge in [-0.2, -0.15) is 0 Å². The zero-order chi connectivity index (χ0) is 10.1. The van der Waals surface area contributed by atoms with E-state index < -0.39 is 0 Å². The van der Waals surface area contributed by atoms with E-state index in [9.17, 15) is 0 Å². The average Bonchev–Trinajstić information content (AvgIpc) is 2.12. The van der Waals surface area contributed by atoms with Crippen LogP contribution in [-0.4, -0.2) is 12.6 Å². The van der Waals surface area contributed by atoms with Crippen molar-refractivity contribution in [1.82, 2.24) is 5.32 Å². The molecule has 0 rings (SSSR count). The summed E-state index contributed by atoms with van der Waals surface area (Å²) in [6.07, 6.45) is 6.67. The maximum Gasteiger partial charge on any atom is 0.00388 e. The number of rotatable bonds is 8. The molecule has 80 valence electrons. The molecule has 0 aliphatic rings. The van der Waals surface area contributed by atoms with Crippen LogP contribution >= 0.6 is 0 Å². The Kier molecular flexibility index (Phi) is 8.53. The molecule has 0 aromatic carbocycles. The summed E-state index contributed by atoms with van der Waals surface area (Å²) in [6, 6.07) is 0.708. The lowest BCUT2D eigenvalue weighted by Crippen LogP contribution is -2.30. The smallest absolute Gasteiger partial charge is 0.00388 e. The molecule has 0 spiro atoms. The molecule has 2 atom stereocenters. The van der Waals surface area contributed by atoms with Gasteiger partial charge in [0.1, 0.15) is 0 Å². The lowest BCUT2D eigenvalue weighted by atomic mass is 10.1. The summed E-state index contributed by atoms with van der Waals surface area (Å²) in [7, 11) is 0. The number of hydrogen-bond donors (Lipinski definition) is 1. The summed E-state index contributed by atoms with van der Waals surface area (Å²) in [5, 5.41) is 3.60. The minimum atomic E-state index is 0.708. The molecule has 0 aromatic heterocycles. The Morgan fingerprint density at radius 2 is 1.69 bits per heavy atom. The van der Waals surface area contributed by atoms with Gasteiger partial charge in [-0.05, 0) is 32.2 Å². The van der Waals surface area contributed by atoms with Crippen molar-refractivity contribution in [1.29, 1.82) is 0 Å². The highest BCUT2D eigenvalue weighted by atomic mass is 14.9. The quantitative estimate of drug-likeness (QED) is 0.609. The molecule has 1 N–H and O–H groups in total. The fourth-order valence-corrected chi connectivity index (χ4v) is 1.61. The zero-order valence-corrected chi connectivity index (χ0v) is 9.90. The third kappa shape index (κ3) is 8.29. The molecule has 0 saturated heterocycles. The number of unbranched alkanes of at least 4 members (excludes halogenated alkanes) is 1. The molecule has 1 nitrogen and oxygen atoms in total. The van der Waals surface area contributed by atoms with Crippen LogP contribution in [-0.2, 0) is 0 Å². The molecule has 0 fully saturated rings. The van der Waals surface area contributed by atoms with Gasteiger partial charge in [-0.25, -0.2) is 0 Å². The van der Waals surface area contributed by atoms with Crippen molar-refractivity contribution in [2.45, 2.75) is 65.8 Å². The van der Waals surface area contributed by atoms with Crippen molar-refractivity contribution in [3.05, 3.63) is 0 Å². The minimum Gasteiger partial charge on any atom is -0.314 e. The number of nitrogens with one attached hydrogen (secondary N) is 1. The Hall–Kier alpha value is -0.0400. The first-order valence-corrected chi connectivity index (χ1v) is 5.94. The zero-order valence-electron chi connectivity index (χ0n) is 9.90. The SMILES string of the molecule is CCCCC(C)NCC(C)CCC. The molecule has 0 heterocycles. The molecule has 13 heavy (non-hydrogen) atoms. The summed E-state index contributed by atoms with van der Waals surface area (Å²) >= 11 is 0. The molecule has 0 bridgehead atoms. The van der Waals surface area contributed by atoms with E-state index in [1.807, 2.05) is 0 Å². The normalized spacial score (nSPS) is 15.7. The second-order valence-corrected chi connectivity index (χ2v) is 4.35. The van der Waals surface area contributed by atoms with E-state index in [0.29, 0.717) is 6.04 Å². The third-order valence-corrected chi connectivity index (χ3v) is 2.59. The van der Waals surface area contributed by atoms with Gasteiger partial charge >= 0.3 is 0 Å². The van der Waals surface area contributed by atoms with Gasteiger partial charge < -0.3 is 5.32 Å². The van der Waals surface area contributed by atoms with Crippen LogP contribution in [0.25, 0.3) is 0 Å². The summed E-state index contributed by atoms with van der Waals surface area (Å²) in [5.74, 6) is 0.842. The lowest BCUT2D eigenvalue weighted by molar-refractivity contribution is 0.419. The number of hydrogen-bond acceptors (Lipinski definition) is 1. The van der Waals surface area contributed by atoms with Gasteiger partial charge in [-0.1, -0.05) is 40.0 Å². The summed E-state index contributed by atoms with van der Waals surface area (Å²) in [5.41, 5.74) is 0. The molecule has 0 aliphatic carbocycles. The first-order valence-electron chi connectivity index (χ1n) is 5.94. The molecule has 0 aliphatic heterocycles. The Labute approximate surface area is 84.3 Å². The second-order valence-electron chi connectivity index (χ2n) is 4.35.